The molecule has 0 aliphatic rings. The van der Waals surface area contributed by atoms with Crippen molar-refractivity contribution in [1.29, 1.82) is 0 Å². The predicted molar refractivity (Wildman–Crippen MR) is 146 cm³/mol. The maximum absolute atomic E-state index is 14.6. The number of thioether (sulfide) groups is 1. The van der Waals surface area contributed by atoms with Crippen molar-refractivity contribution in [2.75, 3.05) is 5.75 Å². The van der Waals surface area contributed by atoms with E-state index in [-0.39, 0.29) is 30.2 Å². The molecule has 2 atom stereocenters. The lowest BCUT2D eigenvalue weighted by atomic mass is 10.0. The molecule has 0 bridgehead atoms. The van der Waals surface area contributed by atoms with E-state index in [4.69, 9.17) is 11.6 Å². The van der Waals surface area contributed by atoms with E-state index in [0.29, 0.717) is 22.8 Å². The fraction of sp³-hybridized carbons (Fsp3) is 0.310. The molecule has 2 amide bonds. The summed E-state index contributed by atoms with van der Waals surface area (Å²) in [4.78, 5) is 28.5. The van der Waals surface area contributed by atoms with Gasteiger partial charge in [0.05, 0.1) is 5.75 Å². The molecule has 36 heavy (non-hydrogen) atoms. The van der Waals surface area contributed by atoms with E-state index in [0.717, 1.165) is 17.5 Å². The smallest absolute Gasteiger partial charge is 0.243 e. The molecule has 0 saturated heterocycles. The second-order valence-corrected chi connectivity index (χ2v) is 10.2. The van der Waals surface area contributed by atoms with Crippen molar-refractivity contribution in [1.82, 2.24) is 10.2 Å². The summed E-state index contributed by atoms with van der Waals surface area (Å²) in [5.41, 5.74) is 2.36. The third-order valence-electron chi connectivity index (χ3n) is 5.98. The summed E-state index contributed by atoms with van der Waals surface area (Å²) < 4.78 is 14.6. The predicted octanol–water partition coefficient (Wildman–Crippen LogP) is 6.27. The first-order valence-corrected chi connectivity index (χ1v) is 13.6. The van der Waals surface area contributed by atoms with E-state index in [2.05, 4.69) is 5.32 Å². The van der Waals surface area contributed by atoms with E-state index in [1.165, 1.54) is 22.7 Å². The number of nitrogens with zero attached hydrogens (tertiary/aromatic N) is 1. The van der Waals surface area contributed by atoms with Crippen LogP contribution in [0.4, 0.5) is 4.39 Å². The molecule has 0 aliphatic carbocycles. The number of carbonyl (C=O) groups excluding carboxylic acids is 2. The van der Waals surface area contributed by atoms with Crippen LogP contribution in [0.3, 0.4) is 0 Å². The van der Waals surface area contributed by atoms with Crippen molar-refractivity contribution in [3.63, 3.8) is 0 Å². The monoisotopic (exact) mass is 526 g/mol. The fourth-order valence-electron chi connectivity index (χ4n) is 3.72. The number of halogens is 2. The van der Waals surface area contributed by atoms with Gasteiger partial charge in [-0.25, -0.2) is 4.39 Å². The SMILES string of the molecule is CC[C@H](C)NC(=O)[C@@H](Cc1ccccc1)N(Cc1ccccc1F)C(=O)CSCc1ccc(Cl)cc1. The zero-order chi connectivity index (χ0) is 25.9. The molecule has 0 aromatic heterocycles. The van der Waals surface area contributed by atoms with Gasteiger partial charge in [0.2, 0.25) is 11.8 Å². The molecule has 3 aromatic carbocycles. The van der Waals surface area contributed by atoms with Gasteiger partial charge < -0.3 is 10.2 Å². The Morgan fingerprint density at radius 1 is 0.972 bits per heavy atom. The van der Waals surface area contributed by atoms with Crippen molar-refractivity contribution >= 4 is 35.2 Å². The Morgan fingerprint density at radius 2 is 1.64 bits per heavy atom. The average Bonchev–Trinajstić information content (AvgIpc) is 2.88. The first kappa shape index (κ1) is 27.8. The number of hydrogen-bond acceptors (Lipinski definition) is 3. The molecule has 7 heteroatoms. The Bertz CT molecular complexity index is 1130. The molecule has 190 valence electrons. The van der Waals surface area contributed by atoms with Crippen LogP contribution in [-0.2, 0) is 28.3 Å². The molecular weight excluding hydrogens is 495 g/mol. The topological polar surface area (TPSA) is 49.4 Å². The maximum atomic E-state index is 14.6. The van der Waals surface area contributed by atoms with Crippen molar-refractivity contribution in [2.24, 2.45) is 0 Å². The van der Waals surface area contributed by atoms with Gasteiger partial charge in [0.15, 0.2) is 0 Å². The first-order valence-electron chi connectivity index (χ1n) is 12.1. The summed E-state index contributed by atoms with van der Waals surface area (Å²) in [6.07, 6.45) is 1.10. The van der Waals surface area contributed by atoms with Gasteiger partial charge in [-0.2, -0.15) is 0 Å². The van der Waals surface area contributed by atoms with Crippen LogP contribution >= 0.6 is 23.4 Å². The van der Waals surface area contributed by atoms with Gasteiger partial charge in [0.1, 0.15) is 11.9 Å². The highest BCUT2D eigenvalue weighted by atomic mass is 35.5. The summed E-state index contributed by atoms with van der Waals surface area (Å²) in [6.45, 7) is 3.94. The third kappa shape index (κ3) is 8.38. The summed E-state index contributed by atoms with van der Waals surface area (Å²) in [7, 11) is 0. The highest BCUT2D eigenvalue weighted by molar-refractivity contribution is 7.99. The number of nitrogens with one attached hydrogen (secondary N) is 1. The molecule has 3 rings (SSSR count). The van der Waals surface area contributed by atoms with Crippen LogP contribution in [0.15, 0.2) is 78.9 Å². The normalized spacial score (nSPS) is 12.6. The lowest BCUT2D eigenvalue weighted by Crippen LogP contribution is -2.52. The zero-order valence-corrected chi connectivity index (χ0v) is 22.2. The Balaban J connectivity index is 1.86. The number of amides is 2. The minimum absolute atomic E-state index is 0.0123. The number of hydrogen-bond donors (Lipinski definition) is 1. The van der Waals surface area contributed by atoms with E-state index >= 15 is 0 Å². The Labute approximate surface area is 222 Å². The quantitative estimate of drug-likeness (QED) is 0.303. The van der Waals surface area contributed by atoms with E-state index < -0.39 is 11.9 Å². The second-order valence-electron chi connectivity index (χ2n) is 8.76. The molecule has 1 N–H and O–H groups in total. The zero-order valence-electron chi connectivity index (χ0n) is 20.6. The highest BCUT2D eigenvalue weighted by Crippen LogP contribution is 2.20. The molecule has 0 aliphatic heterocycles. The lowest BCUT2D eigenvalue weighted by molar-refractivity contribution is -0.139. The largest absolute Gasteiger partial charge is 0.352 e. The van der Waals surface area contributed by atoms with E-state index in [1.807, 2.05) is 68.4 Å². The van der Waals surface area contributed by atoms with Crippen molar-refractivity contribution in [3.8, 4) is 0 Å². The first-order chi connectivity index (χ1) is 17.4. The fourth-order valence-corrected chi connectivity index (χ4v) is 4.72. The van der Waals surface area contributed by atoms with Gasteiger partial charge >= 0.3 is 0 Å². The molecule has 4 nitrogen and oxygen atoms in total. The molecule has 0 saturated carbocycles. The van der Waals surface area contributed by atoms with Gasteiger partial charge in [-0.1, -0.05) is 79.2 Å². The van der Waals surface area contributed by atoms with Gasteiger partial charge in [-0.15, -0.1) is 11.8 Å². The number of rotatable bonds is 12. The minimum atomic E-state index is -0.773. The second kappa shape index (κ2) is 14.0. The number of benzene rings is 3. The molecule has 3 aromatic rings. The average molecular weight is 527 g/mol. The standard InChI is InChI=1S/C29H32ClFN2O2S/c1-3-21(2)32-29(35)27(17-22-9-5-4-6-10-22)33(18-24-11-7-8-12-26(24)31)28(34)20-36-19-23-13-15-25(30)16-14-23/h4-16,21,27H,3,17-20H2,1-2H3,(H,32,35)/t21-,27+/m0/s1. The summed E-state index contributed by atoms with van der Waals surface area (Å²) in [6, 6.07) is 22.6. The van der Waals surface area contributed by atoms with Gasteiger partial charge in [0.25, 0.3) is 0 Å². The Morgan fingerprint density at radius 3 is 2.31 bits per heavy atom. The summed E-state index contributed by atoms with van der Waals surface area (Å²) in [5.74, 6) is -0.0550. The molecular formula is C29H32ClFN2O2S. The van der Waals surface area contributed by atoms with Gasteiger partial charge in [0, 0.05) is 35.3 Å². The van der Waals surface area contributed by atoms with Crippen LogP contribution in [-0.4, -0.2) is 34.6 Å². The van der Waals surface area contributed by atoms with Gasteiger partial charge in [-0.3, -0.25) is 9.59 Å². The maximum Gasteiger partial charge on any atom is 0.243 e. The molecule has 0 spiro atoms. The van der Waals surface area contributed by atoms with Crippen LogP contribution < -0.4 is 5.32 Å². The molecule has 0 fully saturated rings. The third-order valence-corrected chi connectivity index (χ3v) is 7.22. The Kier molecular flexibility index (Phi) is 10.8. The van der Waals surface area contributed by atoms with Crippen LogP contribution in [0.25, 0.3) is 0 Å². The number of carbonyl (C=O) groups is 2. The van der Waals surface area contributed by atoms with Crippen LogP contribution in [0.5, 0.6) is 0 Å². The van der Waals surface area contributed by atoms with Crippen molar-refractivity contribution < 1.29 is 14.0 Å². The van der Waals surface area contributed by atoms with Crippen LogP contribution in [0, 0.1) is 5.82 Å². The summed E-state index contributed by atoms with van der Waals surface area (Å²) >= 11 is 7.43. The van der Waals surface area contributed by atoms with Gasteiger partial charge in [-0.05, 0) is 42.7 Å². The molecule has 0 radical (unpaired) electrons. The van der Waals surface area contributed by atoms with Crippen LogP contribution in [0.2, 0.25) is 5.02 Å². The van der Waals surface area contributed by atoms with E-state index in [1.54, 1.807) is 18.2 Å². The van der Waals surface area contributed by atoms with Crippen molar-refractivity contribution in [3.05, 3.63) is 106 Å². The highest BCUT2D eigenvalue weighted by Gasteiger charge is 2.31. The summed E-state index contributed by atoms with van der Waals surface area (Å²) in [5, 5.41) is 3.69. The minimum Gasteiger partial charge on any atom is -0.352 e. The molecule has 0 unspecified atom stereocenters. The van der Waals surface area contributed by atoms with Crippen LogP contribution in [0.1, 0.15) is 37.0 Å². The van der Waals surface area contributed by atoms with E-state index in [9.17, 15) is 14.0 Å². The Hall–Kier alpha value is -2.83. The lowest BCUT2D eigenvalue weighted by Gasteiger charge is -2.32. The molecule has 0 heterocycles. The van der Waals surface area contributed by atoms with Crippen molar-refractivity contribution in [2.45, 2.75) is 51.1 Å².